The Labute approximate surface area is 191 Å². The number of carbonyl (C=O) groups is 1. The number of hydrogen-bond acceptors (Lipinski definition) is 7. The van der Waals surface area contributed by atoms with Crippen LogP contribution in [-0.2, 0) is 11.2 Å². The van der Waals surface area contributed by atoms with Gasteiger partial charge in [-0.15, -0.1) is 15.3 Å². The first-order valence-electron chi connectivity index (χ1n) is 11.2. The van der Waals surface area contributed by atoms with E-state index in [1.807, 2.05) is 60.7 Å². The van der Waals surface area contributed by atoms with E-state index in [4.69, 9.17) is 5.10 Å². The predicted octanol–water partition coefficient (Wildman–Crippen LogP) is 1.91. The van der Waals surface area contributed by atoms with Crippen molar-refractivity contribution < 1.29 is 4.79 Å². The third kappa shape index (κ3) is 4.04. The van der Waals surface area contributed by atoms with Gasteiger partial charge in [-0.3, -0.25) is 4.79 Å². The molecular weight excluding hydrogens is 418 g/mol. The molecule has 0 unspecified atom stereocenters. The van der Waals surface area contributed by atoms with Gasteiger partial charge in [0.15, 0.2) is 17.3 Å². The maximum atomic E-state index is 12.9. The van der Waals surface area contributed by atoms with Gasteiger partial charge in [-0.1, -0.05) is 6.07 Å². The molecule has 1 saturated heterocycles. The quantitative estimate of drug-likeness (QED) is 0.463. The summed E-state index contributed by atoms with van der Waals surface area (Å²) in [5.41, 5.74) is 3.71. The highest BCUT2D eigenvalue weighted by Crippen LogP contribution is 2.20. The maximum absolute atomic E-state index is 12.9. The van der Waals surface area contributed by atoms with Crippen molar-refractivity contribution in [1.82, 2.24) is 39.5 Å². The zero-order valence-electron chi connectivity index (χ0n) is 19.1. The van der Waals surface area contributed by atoms with Gasteiger partial charge in [0, 0.05) is 44.5 Å². The standard InChI is InChI=1S/C23H27N9O/c1-16-19(17(2)31(27-16)22-9-8-21-26-25-18(3)32(21)28-22)7-10-23(33)30-14-12-29(13-15-30)20-6-4-5-11-24-20/h4-6,8-9,11H,7,10,12-15H2,1-3H3. The second kappa shape index (κ2) is 8.61. The minimum Gasteiger partial charge on any atom is -0.353 e. The zero-order chi connectivity index (χ0) is 22.9. The predicted molar refractivity (Wildman–Crippen MR) is 123 cm³/mol. The summed E-state index contributed by atoms with van der Waals surface area (Å²) in [5, 5.41) is 17.5. The molecule has 4 aromatic heterocycles. The van der Waals surface area contributed by atoms with Crippen molar-refractivity contribution in [3.05, 3.63) is 59.3 Å². The first-order chi connectivity index (χ1) is 16.0. The SMILES string of the molecule is Cc1nn(-c2ccc3nnc(C)n3n2)c(C)c1CCC(=O)N1CCN(c2ccccn2)CC1. The molecule has 10 heteroatoms. The molecule has 0 radical (unpaired) electrons. The lowest BCUT2D eigenvalue weighted by Gasteiger charge is -2.35. The molecule has 10 nitrogen and oxygen atoms in total. The number of amides is 1. The van der Waals surface area contributed by atoms with Crippen LogP contribution in [0.15, 0.2) is 36.5 Å². The highest BCUT2D eigenvalue weighted by molar-refractivity contribution is 5.77. The van der Waals surface area contributed by atoms with Gasteiger partial charge in [0.05, 0.1) is 5.69 Å². The number of pyridine rings is 1. The van der Waals surface area contributed by atoms with Gasteiger partial charge in [-0.2, -0.15) is 9.61 Å². The molecule has 0 saturated carbocycles. The number of piperazine rings is 1. The van der Waals surface area contributed by atoms with Crippen molar-refractivity contribution >= 4 is 17.4 Å². The second-order valence-corrected chi connectivity index (χ2v) is 8.33. The topological polar surface area (TPSA) is 97.3 Å². The van der Waals surface area contributed by atoms with E-state index in [-0.39, 0.29) is 5.91 Å². The Morgan fingerprint density at radius 1 is 0.939 bits per heavy atom. The second-order valence-electron chi connectivity index (χ2n) is 8.33. The van der Waals surface area contributed by atoms with E-state index in [9.17, 15) is 4.79 Å². The number of anilines is 1. The highest BCUT2D eigenvalue weighted by Gasteiger charge is 2.23. The first-order valence-corrected chi connectivity index (χ1v) is 11.2. The molecule has 170 valence electrons. The van der Waals surface area contributed by atoms with E-state index in [0.717, 1.165) is 54.8 Å². The molecule has 5 heterocycles. The molecular formula is C23H27N9O. The van der Waals surface area contributed by atoms with E-state index >= 15 is 0 Å². The molecule has 0 aromatic carbocycles. The molecule has 0 bridgehead atoms. The monoisotopic (exact) mass is 445 g/mol. The Hall–Kier alpha value is -3.82. The molecule has 1 aliphatic rings. The van der Waals surface area contributed by atoms with Crippen molar-refractivity contribution in [1.29, 1.82) is 0 Å². The third-order valence-corrected chi connectivity index (χ3v) is 6.26. The van der Waals surface area contributed by atoms with Crippen LogP contribution >= 0.6 is 0 Å². The van der Waals surface area contributed by atoms with Gasteiger partial charge in [0.2, 0.25) is 5.91 Å². The summed E-state index contributed by atoms with van der Waals surface area (Å²) in [6.45, 7) is 8.91. The number of hydrogen-bond donors (Lipinski definition) is 0. The molecule has 5 rings (SSSR count). The Morgan fingerprint density at radius 2 is 1.76 bits per heavy atom. The maximum Gasteiger partial charge on any atom is 0.223 e. The molecule has 0 spiro atoms. The average molecular weight is 446 g/mol. The van der Waals surface area contributed by atoms with Crippen LogP contribution in [0.1, 0.15) is 29.2 Å². The number of rotatable bonds is 5. The fourth-order valence-corrected chi connectivity index (χ4v) is 4.38. The van der Waals surface area contributed by atoms with E-state index in [2.05, 4.69) is 25.2 Å². The lowest BCUT2D eigenvalue weighted by atomic mass is 10.1. The molecule has 1 fully saturated rings. The Bertz CT molecular complexity index is 1290. The van der Waals surface area contributed by atoms with Crippen LogP contribution in [0.4, 0.5) is 5.82 Å². The highest BCUT2D eigenvalue weighted by atomic mass is 16.2. The summed E-state index contributed by atoms with van der Waals surface area (Å²) >= 11 is 0. The molecule has 1 amide bonds. The van der Waals surface area contributed by atoms with Gasteiger partial charge in [0.1, 0.15) is 5.82 Å². The van der Waals surface area contributed by atoms with Crippen LogP contribution in [0.3, 0.4) is 0 Å². The number of aromatic nitrogens is 7. The fourth-order valence-electron chi connectivity index (χ4n) is 4.38. The normalized spacial score (nSPS) is 14.3. The van der Waals surface area contributed by atoms with E-state index in [1.54, 1.807) is 10.7 Å². The van der Waals surface area contributed by atoms with Crippen molar-refractivity contribution in [2.45, 2.75) is 33.6 Å². The minimum atomic E-state index is 0.182. The van der Waals surface area contributed by atoms with E-state index in [1.165, 1.54) is 0 Å². The van der Waals surface area contributed by atoms with E-state index < -0.39 is 0 Å². The summed E-state index contributed by atoms with van der Waals surface area (Å²) in [6, 6.07) is 9.69. The van der Waals surface area contributed by atoms with Gasteiger partial charge in [-0.25, -0.2) is 9.67 Å². The largest absolute Gasteiger partial charge is 0.353 e. The Morgan fingerprint density at radius 3 is 2.52 bits per heavy atom. The molecule has 33 heavy (non-hydrogen) atoms. The Balaban J connectivity index is 1.24. The average Bonchev–Trinajstić information content (AvgIpc) is 3.36. The molecule has 0 aliphatic carbocycles. The number of carbonyl (C=O) groups excluding carboxylic acids is 1. The van der Waals surface area contributed by atoms with Crippen molar-refractivity contribution in [3.63, 3.8) is 0 Å². The fraction of sp³-hybridized carbons (Fsp3) is 0.391. The zero-order valence-corrected chi connectivity index (χ0v) is 19.1. The van der Waals surface area contributed by atoms with Crippen molar-refractivity contribution in [2.75, 3.05) is 31.1 Å². The van der Waals surface area contributed by atoms with Gasteiger partial charge in [0.25, 0.3) is 0 Å². The van der Waals surface area contributed by atoms with Crippen LogP contribution in [-0.4, -0.2) is 71.6 Å². The third-order valence-electron chi connectivity index (χ3n) is 6.26. The van der Waals surface area contributed by atoms with Gasteiger partial charge < -0.3 is 9.80 Å². The van der Waals surface area contributed by atoms with Gasteiger partial charge >= 0.3 is 0 Å². The lowest BCUT2D eigenvalue weighted by molar-refractivity contribution is -0.131. The van der Waals surface area contributed by atoms with Crippen LogP contribution in [0.2, 0.25) is 0 Å². The summed E-state index contributed by atoms with van der Waals surface area (Å²) in [6.07, 6.45) is 2.93. The summed E-state index contributed by atoms with van der Waals surface area (Å²) in [5.74, 6) is 2.58. The van der Waals surface area contributed by atoms with Crippen molar-refractivity contribution in [3.8, 4) is 5.82 Å². The van der Waals surface area contributed by atoms with Crippen LogP contribution < -0.4 is 4.90 Å². The smallest absolute Gasteiger partial charge is 0.223 e. The molecule has 1 aliphatic heterocycles. The summed E-state index contributed by atoms with van der Waals surface area (Å²) < 4.78 is 3.54. The van der Waals surface area contributed by atoms with Crippen molar-refractivity contribution in [2.24, 2.45) is 0 Å². The van der Waals surface area contributed by atoms with Crippen LogP contribution in [0.5, 0.6) is 0 Å². The van der Waals surface area contributed by atoms with E-state index in [0.29, 0.717) is 24.3 Å². The van der Waals surface area contributed by atoms with Crippen LogP contribution in [0.25, 0.3) is 11.5 Å². The lowest BCUT2D eigenvalue weighted by Crippen LogP contribution is -2.49. The van der Waals surface area contributed by atoms with Crippen LogP contribution in [0, 0.1) is 20.8 Å². The number of aryl methyl sites for hydroxylation is 2. The summed E-state index contributed by atoms with van der Waals surface area (Å²) in [4.78, 5) is 21.5. The summed E-state index contributed by atoms with van der Waals surface area (Å²) in [7, 11) is 0. The molecule has 4 aromatic rings. The number of nitrogens with zero attached hydrogens (tertiary/aromatic N) is 9. The van der Waals surface area contributed by atoms with Gasteiger partial charge in [-0.05, 0) is 57.0 Å². The number of fused-ring (bicyclic) bond motifs is 1. The minimum absolute atomic E-state index is 0.182. The first kappa shape index (κ1) is 21.0. The Kier molecular flexibility index (Phi) is 5.49. The molecule has 0 atom stereocenters. The molecule has 0 N–H and O–H groups in total.